The molecule has 3 aromatic carbocycles. The summed E-state index contributed by atoms with van der Waals surface area (Å²) in [5, 5.41) is 9.13. The number of carbonyl (C=O) groups is 1. The number of likely N-dealkylation sites (tertiary alicyclic amines) is 1. The van der Waals surface area contributed by atoms with Gasteiger partial charge < -0.3 is 23.5 Å². The van der Waals surface area contributed by atoms with Crippen molar-refractivity contribution in [1.82, 2.24) is 14.5 Å². The number of hydrogen-bond donors (Lipinski definition) is 0. The van der Waals surface area contributed by atoms with Crippen molar-refractivity contribution >= 4 is 17.0 Å². The lowest BCUT2D eigenvalue weighted by Gasteiger charge is -2.28. The number of halogens is 2. The molecule has 230 valence electrons. The van der Waals surface area contributed by atoms with E-state index in [0.717, 1.165) is 30.9 Å². The Balaban J connectivity index is 1.01. The summed E-state index contributed by atoms with van der Waals surface area (Å²) in [4.78, 5) is 19.2. The van der Waals surface area contributed by atoms with Crippen LogP contribution in [0.5, 0.6) is 11.5 Å². The van der Waals surface area contributed by atoms with Gasteiger partial charge in [-0.05, 0) is 60.6 Å². The van der Waals surface area contributed by atoms with Gasteiger partial charge in [0, 0.05) is 32.2 Å². The van der Waals surface area contributed by atoms with Gasteiger partial charge in [-0.3, -0.25) is 4.90 Å². The normalized spacial score (nSPS) is 26.4. The summed E-state index contributed by atoms with van der Waals surface area (Å²) in [5.41, 5.74) is 2.45. The smallest absolute Gasteiger partial charge is 0.338 e. The fourth-order valence-corrected chi connectivity index (χ4v) is 7.30. The van der Waals surface area contributed by atoms with E-state index in [4.69, 9.17) is 29.2 Å². The number of nitrogens with zero attached hydrogens (tertiary/aromatic N) is 4. The van der Waals surface area contributed by atoms with Crippen molar-refractivity contribution in [3.8, 4) is 17.6 Å². The molecule has 0 N–H and O–H groups in total. The van der Waals surface area contributed by atoms with Crippen molar-refractivity contribution in [2.24, 2.45) is 11.8 Å². The van der Waals surface area contributed by atoms with E-state index in [-0.39, 0.29) is 34.2 Å². The van der Waals surface area contributed by atoms with Crippen molar-refractivity contribution in [3.05, 3.63) is 88.2 Å². The first-order chi connectivity index (χ1) is 21.8. The summed E-state index contributed by atoms with van der Waals surface area (Å²) in [6.07, 6.45) is 0.936. The number of esters is 1. The molecule has 1 aliphatic carbocycles. The summed E-state index contributed by atoms with van der Waals surface area (Å²) in [5.74, 6) is -0.0515. The van der Waals surface area contributed by atoms with Gasteiger partial charge in [-0.1, -0.05) is 12.1 Å². The highest BCUT2D eigenvalue weighted by Crippen LogP contribution is 2.62. The van der Waals surface area contributed by atoms with Crippen LogP contribution in [0.1, 0.15) is 52.1 Å². The lowest BCUT2D eigenvalue weighted by molar-refractivity contribution is -0.0710. The van der Waals surface area contributed by atoms with Gasteiger partial charge in [0.1, 0.15) is 17.2 Å². The number of aromatic nitrogens is 2. The highest BCUT2D eigenvalue weighted by molar-refractivity contribution is 5.94. The molecule has 4 aromatic rings. The van der Waals surface area contributed by atoms with Crippen LogP contribution < -0.4 is 9.47 Å². The number of carbonyl (C=O) groups excluding carboxylic acids is 1. The van der Waals surface area contributed by atoms with Gasteiger partial charge in [-0.2, -0.15) is 5.26 Å². The summed E-state index contributed by atoms with van der Waals surface area (Å²) in [6, 6.07) is 14.9. The van der Waals surface area contributed by atoms with Crippen LogP contribution >= 0.6 is 0 Å². The lowest BCUT2D eigenvalue weighted by Crippen LogP contribution is -2.33. The molecule has 3 aliphatic heterocycles. The lowest BCUT2D eigenvalue weighted by atomic mass is 10.0. The number of rotatable bonds is 7. The molecule has 1 unspecified atom stereocenters. The Morgan fingerprint density at radius 3 is 2.62 bits per heavy atom. The summed E-state index contributed by atoms with van der Waals surface area (Å²) in [6.45, 7) is 5.13. The highest BCUT2D eigenvalue weighted by atomic mass is 19.1. The van der Waals surface area contributed by atoms with Gasteiger partial charge in [0.25, 0.3) is 5.79 Å². The van der Waals surface area contributed by atoms with Gasteiger partial charge >= 0.3 is 5.97 Å². The Labute approximate surface area is 257 Å². The first-order valence-corrected chi connectivity index (χ1v) is 15.1. The monoisotopic (exact) mass is 612 g/mol. The van der Waals surface area contributed by atoms with E-state index in [1.165, 1.54) is 25.3 Å². The van der Waals surface area contributed by atoms with E-state index in [0.29, 0.717) is 48.5 Å². The molecule has 1 saturated carbocycles. The fraction of sp³-hybridized carbons (Fsp3) is 0.382. The van der Waals surface area contributed by atoms with Gasteiger partial charge in [0.15, 0.2) is 17.3 Å². The van der Waals surface area contributed by atoms with Crippen LogP contribution in [0.4, 0.5) is 8.78 Å². The van der Waals surface area contributed by atoms with E-state index in [2.05, 4.69) is 11.0 Å². The Morgan fingerprint density at radius 1 is 1.13 bits per heavy atom. The molecule has 2 saturated heterocycles. The molecule has 4 aliphatic rings. The van der Waals surface area contributed by atoms with Crippen LogP contribution in [0.15, 0.2) is 48.5 Å². The van der Waals surface area contributed by atoms with Crippen LogP contribution in [-0.2, 0) is 28.4 Å². The standard InChI is InChI=1S/C34H30F2N4O5/c1-34(24-7-6-18(13-37)10-25(24)35)44-28-5-3-4-21(32(28)45-34)30-22-15-39(16-23(22)30)17-29-38-31-26(36)11-19(33(41)42-2)12-27(31)40(29)14-20-8-9-43-20/h3-7,10-12,20,22-23,30H,8-9,14-17H2,1-2H3/t20-,22-,23+,30?,34+/m0/s1. The molecular formula is C34H30F2N4O5. The molecule has 0 amide bonds. The largest absolute Gasteiger partial charge is 0.465 e. The average molecular weight is 613 g/mol. The zero-order valence-corrected chi connectivity index (χ0v) is 24.8. The summed E-state index contributed by atoms with van der Waals surface area (Å²) >= 11 is 0. The maximum Gasteiger partial charge on any atom is 0.338 e. The minimum atomic E-state index is -1.35. The van der Waals surface area contributed by atoms with Gasteiger partial charge in [0.05, 0.1) is 54.6 Å². The molecular weight excluding hydrogens is 582 g/mol. The number of para-hydroxylation sites is 1. The molecule has 11 heteroatoms. The van der Waals surface area contributed by atoms with Crippen LogP contribution in [0.2, 0.25) is 0 Å². The van der Waals surface area contributed by atoms with Gasteiger partial charge in [-0.25, -0.2) is 18.6 Å². The van der Waals surface area contributed by atoms with Crippen LogP contribution in [0, 0.1) is 34.8 Å². The zero-order chi connectivity index (χ0) is 31.0. The highest BCUT2D eigenvalue weighted by Gasteiger charge is 2.58. The number of benzene rings is 3. The maximum absolute atomic E-state index is 15.1. The van der Waals surface area contributed by atoms with Crippen molar-refractivity contribution in [2.75, 3.05) is 26.8 Å². The molecule has 0 bridgehead atoms. The molecule has 1 aromatic heterocycles. The SMILES string of the molecule is COC(=O)c1cc(F)c2nc(CN3C[C@@H]4C(c5cccc6c5O[C@](C)(c5ccc(C#N)cc5F)O6)[C@@H]4C3)n(C[C@@H]3CCO3)c2c1. The van der Waals surface area contributed by atoms with Gasteiger partial charge in [0.2, 0.25) is 0 Å². The number of ether oxygens (including phenoxy) is 4. The predicted octanol–water partition coefficient (Wildman–Crippen LogP) is 5.25. The number of imidazole rings is 1. The first kappa shape index (κ1) is 28.0. The second-order valence-electron chi connectivity index (χ2n) is 12.4. The van der Waals surface area contributed by atoms with Crippen LogP contribution in [0.3, 0.4) is 0 Å². The third kappa shape index (κ3) is 4.54. The number of hydrogen-bond acceptors (Lipinski definition) is 8. The summed E-state index contributed by atoms with van der Waals surface area (Å²) < 4.78 is 55.1. The Morgan fingerprint density at radius 2 is 1.93 bits per heavy atom. The van der Waals surface area contributed by atoms with Gasteiger partial charge in [-0.15, -0.1) is 0 Å². The Bertz CT molecular complexity index is 1900. The van der Waals surface area contributed by atoms with Crippen LogP contribution in [0.25, 0.3) is 11.0 Å². The molecule has 4 heterocycles. The zero-order valence-electron chi connectivity index (χ0n) is 24.8. The third-order valence-corrected chi connectivity index (χ3v) is 9.68. The van der Waals surface area contributed by atoms with Crippen molar-refractivity contribution in [3.63, 3.8) is 0 Å². The topological polar surface area (TPSA) is 98.8 Å². The van der Waals surface area contributed by atoms with E-state index in [1.807, 2.05) is 22.8 Å². The molecule has 8 rings (SSSR count). The minimum absolute atomic E-state index is 0.0215. The number of fused-ring (bicyclic) bond motifs is 3. The van der Waals surface area contributed by atoms with E-state index < -0.39 is 23.4 Å². The van der Waals surface area contributed by atoms with Crippen molar-refractivity contribution < 1.29 is 32.5 Å². The Kier molecular flexibility index (Phi) is 6.38. The third-order valence-electron chi connectivity index (χ3n) is 9.68. The van der Waals surface area contributed by atoms with Crippen molar-refractivity contribution in [2.45, 2.75) is 44.2 Å². The van der Waals surface area contributed by atoms with Crippen LogP contribution in [-0.4, -0.2) is 53.3 Å². The second-order valence-corrected chi connectivity index (χ2v) is 12.4. The Hall–Kier alpha value is -4.53. The fourth-order valence-electron chi connectivity index (χ4n) is 7.30. The van der Waals surface area contributed by atoms with Crippen molar-refractivity contribution in [1.29, 1.82) is 5.26 Å². The van der Waals surface area contributed by atoms with E-state index in [9.17, 15) is 9.18 Å². The molecule has 45 heavy (non-hydrogen) atoms. The quantitative estimate of drug-likeness (QED) is 0.261. The maximum atomic E-state index is 15.1. The minimum Gasteiger partial charge on any atom is -0.465 e. The molecule has 9 nitrogen and oxygen atoms in total. The molecule has 0 radical (unpaired) electrons. The number of piperidine rings is 1. The van der Waals surface area contributed by atoms with E-state index >= 15 is 4.39 Å². The predicted molar refractivity (Wildman–Crippen MR) is 157 cm³/mol. The average Bonchev–Trinajstić information content (AvgIpc) is 3.29. The molecule has 5 atom stereocenters. The first-order valence-electron chi connectivity index (χ1n) is 15.1. The molecule has 0 spiro atoms. The second kappa shape index (κ2) is 10.3. The number of nitriles is 1. The number of methoxy groups -OCH3 is 1. The molecule has 3 fully saturated rings. The summed E-state index contributed by atoms with van der Waals surface area (Å²) in [7, 11) is 1.28. The van der Waals surface area contributed by atoms with E-state index in [1.54, 1.807) is 19.1 Å².